The smallest absolute Gasteiger partial charge is 0.391 e. The van der Waals surface area contributed by atoms with Crippen molar-refractivity contribution in [2.45, 2.75) is 31.4 Å². The van der Waals surface area contributed by atoms with Gasteiger partial charge in [0.2, 0.25) is 5.60 Å². The molecule has 0 saturated heterocycles. The van der Waals surface area contributed by atoms with Gasteiger partial charge in [-0.25, -0.2) is 0 Å². The zero-order chi connectivity index (χ0) is 18.7. The minimum atomic E-state index is -4.69. The molecule has 0 bridgehead atoms. The summed E-state index contributed by atoms with van der Waals surface area (Å²) in [4.78, 5) is 0. The molecule has 2 rings (SSSR count). The van der Waals surface area contributed by atoms with Crippen LogP contribution in [0.2, 0.25) is 24.7 Å². The van der Waals surface area contributed by atoms with Crippen LogP contribution in [0.15, 0.2) is 54.6 Å². The standard InChI is InChI=1S/C19H18ClF3OSi/c1-25(2,3)24-18(19(21,22)23,16-7-5-4-6-8-16)14-13-15-9-11-17(20)12-10-15/h4-12H,1-3H3. The van der Waals surface area contributed by atoms with Crippen LogP contribution in [-0.4, -0.2) is 14.5 Å². The summed E-state index contributed by atoms with van der Waals surface area (Å²) in [5.74, 6) is 4.99. The molecule has 0 N–H and O–H groups in total. The van der Waals surface area contributed by atoms with Crippen molar-refractivity contribution in [3.05, 3.63) is 70.7 Å². The van der Waals surface area contributed by atoms with Gasteiger partial charge in [0.05, 0.1) is 0 Å². The van der Waals surface area contributed by atoms with E-state index in [0.29, 0.717) is 10.6 Å². The van der Waals surface area contributed by atoms with Gasteiger partial charge in [-0.1, -0.05) is 47.9 Å². The molecule has 0 aliphatic heterocycles. The lowest BCUT2D eigenvalue weighted by Crippen LogP contribution is -2.50. The Bertz CT molecular complexity index is 771. The molecule has 0 aliphatic carbocycles. The number of benzene rings is 2. The van der Waals surface area contributed by atoms with Crippen molar-refractivity contribution in [1.29, 1.82) is 0 Å². The monoisotopic (exact) mass is 382 g/mol. The molecule has 0 saturated carbocycles. The second kappa shape index (κ2) is 7.25. The summed E-state index contributed by atoms with van der Waals surface area (Å²) >= 11 is 5.81. The molecule has 6 heteroatoms. The fraction of sp³-hybridized carbons (Fsp3) is 0.263. The zero-order valence-corrected chi connectivity index (χ0v) is 15.9. The molecule has 0 aliphatic rings. The maximum Gasteiger partial charge on any atom is 0.432 e. The molecule has 0 radical (unpaired) electrons. The fourth-order valence-corrected chi connectivity index (χ4v) is 3.60. The topological polar surface area (TPSA) is 9.23 Å². The second-order valence-electron chi connectivity index (χ2n) is 6.52. The summed E-state index contributed by atoms with van der Waals surface area (Å²) < 4.78 is 48.0. The average Bonchev–Trinajstić information content (AvgIpc) is 2.51. The molecule has 0 heterocycles. The molecule has 1 atom stereocenters. The summed E-state index contributed by atoms with van der Waals surface area (Å²) in [7, 11) is -2.58. The maximum absolute atomic E-state index is 14.1. The Hall–Kier alpha value is -1.74. The van der Waals surface area contributed by atoms with E-state index in [1.54, 1.807) is 62.1 Å². The number of halogens is 4. The van der Waals surface area contributed by atoms with Crippen molar-refractivity contribution >= 4 is 19.9 Å². The van der Waals surface area contributed by atoms with Crippen molar-refractivity contribution < 1.29 is 17.6 Å². The molecule has 2 aromatic rings. The first-order valence-electron chi connectivity index (χ1n) is 7.65. The quantitative estimate of drug-likeness (QED) is 0.467. The van der Waals surface area contributed by atoms with Gasteiger partial charge in [0, 0.05) is 16.1 Å². The fourth-order valence-electron chi connectivity index (χ4n) is 2.27. The number of alkyl halides is 3. The van der Waals surface area contributed by atoms with E-state index >= 15 is 0 Å². The highest BCUT2D eigenvalue weighted by atomic mass is 35.5. The third kappa shape index (κ3) is 4.88. The predicted octanol–water partition coefficient (Wildman–Crippen LogP) is 6.00. The lowest BCUT2D eigenvalue weighted by Gasteiger charge is -2.37. The Kier molecular flexibility index (Phi) is 5.67. The van der Waals surface area contributed by atoms with Crippen molar-refractivity contribution in [3.63, 3.8) is 0 Å². The van der Waals surface area contributed by atoms with Crippen LogP contribution < -0.4 is 0 Å². The van der Waals surface area contributed by atoms with Crippen molar-refractivity contribution in [2.24, 2.45) is 0 Å². The Balaban J connectivity index is 2.64. The van der Waals surface area contributed by atoms with Gasteiger partial charge in [0.1, 0.15) is 0 Å². The Morgan fingerprint density at radius 2 is 1.48 bits per heavy atom. The van der Waals surface area contributed by atoms with Crippen LogP contribution in [0.5, 0.6) is 0 Å². The SMILES string of the molecule is C[Si](C)(C)OC(C#Cc1ccc(Cl)cc1)(c1ccccc1)C(F)(F)F. The molecule has 2 aromatic carbocycles. The highest BCUT2D eigenvalue weighted by molar-refractivity contribution is 6.69. The number of hydrogen-bond acceptors (Lipinski definition) is 1. The first-order chi connectivity index (χ1) is 11.5. The summed E-state index contributed by atoms with van der Waals surface area (Å²) in [6.07, 6.45) is -4.69. The van der Waals surface area contributed by atoms with Crippen molar-refractivity contribution in [2.75, 3.05) is 0 Å². The van der Waals surface area contributed by atoms with Crippen LogP contribution in [0.25, 0.3) is 0 Å². The van der Waals surface area contributed by atoms with Gasteiger partial charge >= 0.3 is 6.18 Å². The highest BCUT2D eigenvalue weighted by Gasteiger charge is 2.58. The van der Waals surface area contributed by atoms with Gasteiger partial charge in [0.25, 0.3) is 0 Å². The molecule has 132 valence electrons. The lowest BCUT2D eigenvalue weighted by atomic mass is 9.93. The van der Waals surface area contributed by atoms with Gasteiger partial charge in [0.15, 0.2) is 8.32 Å². The van der Waals surface area contributed by atoms with E-state index in [2.05, 4.69) is 11.8 Å². The summed E-state index contributed by atoms with van der Waals surface area (Å²) in [6.45, 7) is 5.13. The lowest BCUT2D eigenvalue weighted by molar-refractivity contribution is -0.233. The van der Waals surface area contributed by atoms with Gasteiger partial charge < -0.3 is 4.43 Å². The molecule has 0 amide bonds. The van der Waals surface area contributed by atoms with E-state index in [1.807, 2.05) is 0 Å². The number of rotatable bonds is 3. The molecule has 1 nitrogen and oxygen atoms in total. The average molecular weight is 383 g/mol. The summed E-state index contributed by atoms with van der Waals surface area (Å²) in [5, 5.41) is 0.494. The Morgan fingerprint density at radius 1 is 0.920 bits per heavy atom. The van der Waals surface area contributed by atoms with Crippen LogP contribution in [-0.2, 0) is 10.0 Å². The normalized spacial score (nSPS) is 14.4. The van der Waals surface area contributed by atoms with Crippen molar-refractivity contribution in [1.82, 2.24) is 0 Å². The number of hydrogen-bond donors (Lipinski definition) is 0. The van der Waals surface area contributed by atoms with Crippen molar-refractivity contribution in [3.8, 4) is 11.8 Å². The van der Waals surface area contributed by atoms with E-state index in [9.17, 15) is 13.2 Å². The zero-order valence-electron chi connectivity index (χ0n) is 14.1. The minimum Gasteiger partial charge on any atom is -0.391 e. The van der Waals surface area contributed by atoms with E-state index in [-0.39, 0.29) is 5.56 Å². The van der Waals surface area contributed by atoms with Crippen LogP contribution >= 0.6 is 11.6 Å². The second-order valence-corrected chi connectivity index (χ2v) is 11.4. The molecular formula is C19H18ClF3OSi. The Labute approximate surface area is 151 Å². The minimum absolute atomic E-state index is 0.0219. The van der Waals surface area contributed by atoms with Gasteiger partial charge in [-0.15, -0.1) is 0 Å². The predicted molar refractivity (Wildman–Crippen MR) is 96.9 cm³/mol. The van der Waals surface area contributed by atoms with E-state index < -0.39 is 20.1 Å². The Morgan fingerprint density at radius 3 is 1.96 bits per heavy atom. The van der Waals surface area contributed by atoms with Gasteiger partial charge in [-0.05, 0) is 49.8 Å². The third-order valence-electron chi connectivity index (χ3n) is 3.27. The largest absolute Gasteiger partial charge is 0.432 e. The van der Waals surface area contributed by atoms with E-state index in [1.165, 1.54) is 12.1 Å². The van der Waals surface area contributed by atoms with E-state index in [4.69, 9.17) is 16.0 Å². The van der Waals surface area contributed by atoms with Crippen LogP contribution in [0.1, 0.15) is 11.1 Å². The molecule has 0 fully saturated rings. The van der Waals surface area contributed by atoms with Crippen LogP contribution in [0, 0.1) is 11.8 Å². The molecule has 0 aromatic heterocycles. The van der Waals surface area contributed by atoms with Crippen LogP contribution in [0.4, 0.5) is 13.2 Å². The maximum atomic E-state index is 14.1. The molecule has 25 heavy (non-hydrogen) atoms. The van der Waals surface area contributed by atoms with Gasteiger partial charge in [-0.2, -0.15) is 13.2 Å². The van der Waals surface area contributed by atoms with Gasteiger partial charge in [-0.3, -0.25) is 0 Å². The summed E-state index contributed by atoms with van der Waals surface area (Å²) in [6, 6.07) is 13.9. The first-order valence-corrected chi connectivity index (χ1v) is 11.4. The summed E-state index contributed by atoms with van der Waals surface area (Å²) in [5.41, 5.74) is -2.25. The highest BCUT2D eigenvalue weighted by Crippen LogP contribution is 2.43. The third-order valence-corrected chi connectivity index (χ3v) is 4.44. The van der Waals surface area contributed by atoms with Crippen LogP contribution in [0.3, 0.4) is 0 Å². The molecule has 0 spiro atoms. The first kappa shape index (κ1) is 19.6. The molecular weight excluding hydrogens is 365 g/mol. The van der Waals surface area contributed by atoms with E-state index in [0.717, 1.165) is 0 Å². The molecule has 1 unspecified atom stereocenters.